The lowest BCUT2D eigenvalue weighted by Gasteiger charge is -2.20. The van der Waals surface area contributed by atoms with E-state index < -0.39 is 28.6 Å². The lowest BCUT2D eigenvalue weighted by Crippen LogP contribution is -2.32. The van der Waals surface area contributed by atoms with Crippen LogP contribution in [-0.2, 0) is 24.7 Å². The van der Waals surface area contributed by atoms with Crippen molar-refractivity contribution in [2.75, 3.05) is 5.73 Å². The van der Waals surface area contributed by atoms with Crippen LogP contribution in [0, 0.1) is 5.41 Å². The van der Waals surface area contributed by atoms with Crippen molar-refractivity contribution in [3.63, 3.8) is 0 Å². The molecule has 6 nitrogen and oxygen atoms in total. The van der Waals surface area contributed by atoms with Crippen molar-refractivity contribution in [1.29, 1.82) is 0 Å². The maximum absolute atomic E-state index is 12.3. The number of aromatic nitrogens is 1. The minimum Gasteiger partial charge on any atom is -0.459 e. The molecule has 0 unspecified atom stereocenters. The van der Waals surface area contributed by atoms with Gasteiger partial charge >= 0.3 is 11.9 Å². The summed E-state index contributed by atoms with van der Waals surface area (Å²) in [5.41, 5.74) is 3.43. The second-order valence-electron chi connectivity index (χ2n) is 6.28. The summed E-state index contributed by atoms with van der Waals surface area (Å²) in [5.74, 6) is -1.03. The van der Waals surface area contributed by atoms with Gasteiger partial charge in [-0.1, -0.05) is 0 Å². The Kier molecular flexibility index (Phi) is 2.48. The van der Waals surface area contributed by atoms with E-state index in [0.717, 1.165) is 0 Å². The van der Waals surface area contributed by atoms with Gasteiger partial charge in [0.25, 0.3) is 0 Å². The molecule has 20 heavy (non-hydrogen) atoms. The molecule has 2 aliphatic heterocycles. The monoisotopic (exact) mass is 296 g/mol. The van der Waals surface area contributed by atoms with E-state index in [0.29, 0.717) is 17.2 Å². The van der Waals surface area contributed by atoms with Gasteiger partial charge in [0, 0.05) is 18.2 Å². The molecule has 108 valence electrons. The zero-order valence-corrected chi connectivity index (χ0v) is 12.4. The molecule has 0 bridgehead atoms. The van der Waals surface area contributed by atoms with Crippen molar-refractivity contribution in [2.45, 2.75) is 44.8 Å². The highest BCUT2D eigenvalue weighted by molar-refractivity contribution is 7.13. The van der Waals surface area contributed by atoms with Gasteiger partial charge < -0.3 is 15.2 Å². The standard InChI is InChI=1S/C13H16N2O4S/c1-11(2)5-13(8(16)18-11)6-12(3,19-9(13)17)7-4-20-10(14)15-7/h4H,5-6H2,1-3H3,(H2,14,15)/t12-,13-/m1/s1. The second-order valence-corrected chi connectivity index (χ2v) is 7.17. The Balaban J connectivity index is 1.99. The molecule has 3 rings (SSSR count). The maximum Gasteiger partial charge on any atom is 0.324 e. The van der Waals surface area contributed by atoms with Crippen LogP contribution in [0.1, 0.15) is 39.3 Å². The summed E-state index contributed by atoms with van der Waals surface area (Å²) in [7, 11) is 0. The number of carbonyl (C=O) groups excluding carboxylic acids is 2. The highest BCUT2D eigenvalue weighted by atomic mass is 32.1. The summed E-state index contributed by atoms with van der Waals surface area (Å²) in [6.07, 6.45) is 0.567. The third-order valence-electron chi connectivity index (χ3n) is 3.90. The Morgan fingerprint density at radius 1 is 1.20 bits per heavy atom. The van der Waals surface area contributed by atoms with E-state index in [1.54, 1.807) is 26.2 Å². The molecule has 2 N–H and O–H groups in total. The lowest BCUT2D eigenvalue weighted by molar-refractivity contribution is -0.161. The molecule has 0 aromatic carbocycles. The molecule has 0 radical (unpaired) electrons. The molecule has 1 aromatic heterocycles. The van der Waals surface area contributed by atoms with Crippen molar-refractivity contribution >= 4 is 28.4 Å². The Morgan fingerprint density at radius 3 is 2.35 bits per heavy atom. The number of hydrogen-bond donors (Lipinski definition) is 1. The van der Waals surface area contributed by atoms with Gasteiger partial charge in [-0.15, -0.1) is 11.3 Å². The number of nitrogens with zero attached hydrogens (tertiary/aromatic N) is 1. The number of nitrogen functional groups attached to an aromatic ring is 1. The van der Waals surface area contributed by atoms with E-state index >= 15 is 0 Å². The van der Waals surface area contributed by atoms with Crippen LogP contribution >= 0.6 is 11.3 Å². The summed E-state index contributed by atoms with van der Waals surface area (Å²) < 4.78 is 10.8. The average Bonchev–Trinajstić information content (AvgIpc) is 2.88. The minimum absolute atomic E-state index is 0.240. The van der Waals surface area contributed by atoms with Crippen LogP contribution in [0.15, 0.2) is 5.38 Å². The molecule has 1 spiro atoms. The van der Waals surface area contributed by atoms with Crippen molar-refractivity contribution in [1.82, 2.24) is 4.98 Å². The largest absolute Gasteiger partial charge is 0.459 e. The summed E-state index contributed by atoms with van der Waals surface area (Å²) in [4.78, 5) is 28.7. The Morgan fingerprint density at radius 2 is 1.85 bits per heavy atom. The Labute approximate surface area is 120 Å². The van der Waals surface area contributed by atoms with Crippen LogP contribution in [0.2, 0.25) is 0 Å². The highest BCUT2D eigenvalue weighted by Gasteiger charge is 2.67. The highest BCUT2D eigenvalue weighted by Crippen LogP contribution is 2.54. The van der Waals surface area contributed by atoms with Crippen molar-refractivity contribution in [3.8, 4) is 0 Å². The van der Waals surface area contributed by atoms with E-state index in [9.17, 15) is 9.59 Å². The number of carbonyl (C=O) groups is 2. The quantitative estimate of drug-likeness (QED) is 0.625. The third-order valence-corrected chi connectivity index (χ3v) is 4.57. The SMILES string of the molecule is CC1(C)C[C@@]2(C[C@](C)(c3csc(N)n3)OC2=O)C(=O)O1. The molecule has 2 aliphatic rings. The van der Waals surface area contributed by atoms with Gasteiger partial charge in [0.1, 0.15) is 5.60 Å². The number of nitrogens with two attached hydrogens (primary N) is 1. The van der Waals surface area contributed by atoms with Gasteiger partial charge in [-0.05, 0) is 20.8 Å². The lowest BCUT2D eigenvalue weighted by atomic mass is 9.75. The first-order valence-electron chi connectivity index (χ1n) is 6.35. The van der Waals surface area contributed by atoms with Crippen LogP contribution in [-0.4, -0.2) is 22.5 Å². The van der Waals surface area contributed by atoms with Crippen molar-refractivity contribution in [3.05, 3.63) is 11.1 Å². The molecule has 1 aromatic rings. The molecule has 0 saturated carbocycles. The first kappa shape index (κ1) is 13.4. The van der Waals surface area contributed by atoms with Gasteiger partial charge in [0.15, 0.2) is 16.1 Å². The second kappa shape index (κ2) is 3.72. The Bertz CT molecular complexity index is 611. The molecule has 0 amide bonds. The van der Waals surface area contributed by atoms with Gasteiger partial charge in [0.2, 0.25) is 0 Å². The number of anilines is 1. The van der Waals surface area contributed by atoms with E-state index in [-0.39, 0.29) is 6.42 Å². The normalized spacial score (nSPS) is 35.4. The number of ether oxygens (including phenoxy) is 2. The van der Waals surface area contributed by atoms with Crippen molar-refractivity contribution < 1.29 is 19.1 Å². The molecule has 7 heteroatoms. The predicted octanol–water partition coefficient (Wildman–Crippen LogP) is 1.60. The molecular weight excluding hydrogens is 280 g/mol. The number of hydrogen-bond acceptors (Lipinski definition) is 7. The van der Waals surface area contributed by atoms with E-state index in [1.165, 1.54) is 11.3 Å². The number of cyclic esters (lactones) is 2. The average molecular weight is 296 g/mol. The summed E-state index contributed by atoms with van der Waals surface area (Å²) in [6, 6.07) is 0. The van der Waals surface area contributed by atoms with Gasteiger partial charge in [-0.2, -0.15) is 0 Å². The topological polar surface area (TPSA) is 91.5 Å². The zero-order valence-electron chi connectivity index (χ0n) is 11.6. The summed E-state index contributed by atoms with van der Waals surface area (Å²) in [5, 5.41) is 2.17. The molecule has 2 fully saturated rings. The van der Waals surface area contributed by atoms with Crippen LogP contribution < -0.4 is 5.73 Å². The zero-order chi connectivity index (χ0) is 14.8. The first-order valence-corrected chi connectivity index (χ1v) is 7.23. The van der Waals surface area contributed by atoms with E-state index in [4.69, 9.17) is 15.2 Å². The number of rotatable bonds is 1. The fourth-order valence-corrected chi connectivity index (χ4v) is 3.82. The fraction of sp³-hybridized carbons (Fsp3) is 0.615. The van der Waals surface area contributed by atoms with Crippen molar-refractivity contribution in [2.24, 2.45) is 5.41 Å². The van der Waals surface area contributed by atoms with Gasteiger partial charge in [-0.25, -0.2) is 4.98 Å². The maximum atomic E-state index is 12.3. The first-order chi connectivity index (χ1) is 9.17. The molecule has 3 heterocycles. The van der Waals surface area contributed by atoms with Gasteiger partial charge in [0.05, 0.1) is 5.69 Å². The van der Waals surface area contributed by atoms with Crippen LogP contribution in [0.25, 0.3) is 0 Å². The third kappa shape index (κ3) is 1.72. The fourth-order valence-electron chi connectivity index (χ4n) is 3.13. The molecule has 0 aliphatic carbocycles. The van der Waals surface area contributed by atoms with E-state index in [1.807, 2.05) is 0 Å². The Hall–Kier alpha value is -1.63. The smallest absolute Gasteiger partial charge is 0.324 e. The van der Waals surface area contributed by atoms with Crippen LogP contribution in [0.5, 0.6) is 0 Å². The van der Waals surface area contributed by atoms with Gasteiger partial charge in [-0.3, -0.25) is 9.59 Å². The number of esters is 2. The molecule has 2 saturated heterocycles. The van der Waals surface area contributed by atoms with Crippen LogP contribution in [0.3, 0.4) is 0 Å². The minimum atomic E-state index is -1.21. The van der Waals surface area contributed by atoms with Crippen LogP contribution in [0.4, 0.5) is 5.13 Å². The summed E-state index contributed by atoms with van der Waals surface area (Å²) >= 11 is 1.28. The predicted molar refractivity (Wildman–Crippen MR) is 71.8 cm³/mol. The summed E-state index contributed by atoms with van der Waals surface area (Å²) in [6.45, 7) is 5.35. The molecular formula is C13H16N2O4S. The molecule has 2 atom stereocenters. The van der Waals surface area contributed by atoms with E-state index in [2.05, 4.69) is 4.98 Å². The number of thiazole rings is 1.